The van der Waals surface area contributed by atoms with E-state index < -0.39 is 10.0 Å². The molecular formula is C15H21NO3S2. The number of hydrogen-bond acceptors (Lipinski definition) is 4. The van der Waals surface area contributed by atoms with Crippen LogP contribution in [0.1, 0.15) is 24.5 Å². The number of benzene rings is 1. The SMILES string of the molecule is CSC(C)CCNS(=O)(=O)c1ccc(C#CCO)c(C)c1. The van der Waals surface area contributed by atoms with Gasteiger partial charge >= 0.3 is 0 Å². The lowest BCUT2D eigenvalue weighted by molar-refractivity contribution is 0.350. The summed E-state index contributed by atoms with van der Waals surface area (Å²) in [6, 6.07) is 4.80. The number of aliphatic hydroxyl groups is 1. The minimum atomic E-state index is -3.48. The van der Waals surface area contributed by atoms with Crippen molar-refractivity contribution in [2.75, 3.05) is 19.4 Å². The van der Waals surface area contributed by atoms with Crippen LogP contribution in [0.4, 0.5) is 0 Å². The molecule has 0 amide bonds. The van der Waals surface area contributed by atoms with Crippen molar-refractivity contribution < 1.29 is 13.5 Å². The molecule has 0 heterocycles. The van der Waals surface area contributed by atoms with Gasteiger partial charge in [-0.2, -0.15) is 11.8 Å². The Labute approximate surface area is 131 Å². The molecule has 21 heavy (non-hydrogen) atoms. The standard InChI is InChI=1S/C15H21NO3S2/c1-12-11-15(7-6-14(12)5-4-10-17)21(18,19)16-9-8-13(2)20-3/h6-7,11,13,16-17H,8-10H2,1-3H3. The second-order valence-electron chi connectivity index (χ2n) is 4.67. The first-order valence-electron chi connectivity index (χ1n) is 6.63. The molecule has 0 saturated heterocycles. The smallest absolute Gasteiger partial charge is 0.240 e. The van der Waals surface area contributed by atoms with Crippen molar-refractivity contribution in [2.24, 2.45) is 0 Å². The third kappa shape index (κ3) is 5.71. The highest BCUT2D eigenvalue weighted by Crippen LogP contribution is 2.15. The lowest BCUT2D eigenvalue weighted by atomic mass is 10.1. The summed E-state index contributed by atoms with van der Waals surface area (Å²) in [6.45, 7) is 4.08. The minimum Gasteiger partial charge on any atom is -0.384 e. The van der Waals surface area contributed by atoms with E-state index in [0.717, 1.165) is 17.5 Å². The Morgan fingerprint density at radius 3 is 2.71 bits per heavy atom. The van der Waals surface area contributed by atoms with Gasteiger partial charge in [0, 0.05) is 17.4 Å². The number of rotatable bonds is 6. The molecule has 0 aromatic heterocycles. The zero-order valence-corrected chi connectivity index (χ0v) is 14.1. The van der Waals surface area contributed by atoms with E-state index in [4.69, 9.17) is 5.11 Å². The largest absolute Gasteiger partial charge is 0.384 e. The fourth-order valence-electron chi connectivity index (χ4n) is 1.68. The molecule has 0 fully saturated rings. The lowest BCUT2D eigenvalue weighted by Gasteiger charge is -2.10. The molecule has 0 aliphatic rings. The van der Waals surface area contributed by atoms with Crippen molar-refractivity contribution in [1.82, 2.24) is 4.72 Å². The molecule has 6 heteroatoms. The maximum Gasteiger partial charge on any atom is 0.240 e. The Morgan fingerprint density at radius 2 is 2.14 bits per heavy atom. The van der Waals surface area contributed by atoms with Crippen LogP contribution in [0.3, 0.4) is 0 Å². The van der Waals surface area contributed by atoms with E-state index >= 15 is 0 Å². The van der Waals surface area contributed by atoms with Crippen LogP contribution in [0.2, 0.25) is 0 Å². The predicted octanol–water partition coefficient (Wildman–Crippen LogP) is 1.76. The second-order valence-corrected chi connectivity index (χ2v) is 7.71. The van der Waals surface area contributed by atoms with E-state index in [1.165, 1.54) is 6.07 Å². The van der Waals surface area contributed by atoms with Gasteiger partial charge in [-0.25, -0.2) is 13.1 Å². The Hall–Kier alpha value is -1.00. The highest BCUT2D eigenvalue weighted by atomic mass is 32.2. The number of aryl methyl sites for hydroxylation is 1. The molecule has 0 radical (unpaired) electrons. The molecule has 116 valence electrons. The Kier molecular flexibility index (Phi) is 7.26. The van der Waals surface area contributed by atoms with Crippen LogP contribution in [-0.4, -0.2) is 38.2 Å². The van der Waals surface area contributed by atoms with Gasteiger partial charge in [-0.3, -0.25) is 0 Å². The molecule has 0 saturated carbocycles. The van der Waals surface area contributed by atoms with Gasteiger partial charge in [-0.15, -0.1) is 0 Å². The van der Waals surface area contributed by atoms with Crippen LogP contribution in [0.15, 0.2) is 23.1 Å². The fraction of sp³-hybridized carbons (Fsp3) is 0.467. The van der Waals surface area contributed by atoms with E-state index in [1.54, 1.807) is 30.8 Å². The number of nitrogens with one attached hydrogen (secondary N) is 1. The van der Waals surface area contributed by atoms with E-state index in [0.29, 0.717) is 11.8 Å². The van der Waals surface area contributed by atoms with Gasteiger partial charge in [0.1, 0.15) is 6.61 Å². The quantitative estimate of drug-likeness (QED) is 0.781. The molecule has 1 aromatic rings. The van der Waals surface area contributed by atoms with Gasteiger partial charge in [-0.1, -0.05) is 18.8 Å². The van der Waals surface area contributed by atoms with Gasteiger partial charge in [0.25, 0.3) is 0 Å². The first-order chi connectivity index (χ1) is 9.90. The molecular weight excluding hydrogens is 306 g/mol. The van der Waals surface area contributed by atoms with Gasteiger partial charge in [0.05, 0.1) is 4.90 Å². The topological polar surface area (TPSA) is 66.4 Å². The maximum absolute atomic E-state index is 12.2. The third-order valence-electron chi connectivity index (χ3n) is 3.06. The Morgan fingerprint density at radius 1 is 1.43 bits per heavy atom. The van der Waals surface area contributed by atoms with Crippen molar-refractivity contribution in [2.45, 2.75) is 30.4 Å². The Bertz CT molecular complexity index is 630. The fourth-order valence-corrected chi connectivity index (χ4v) is 3.16. The monoisotopic (exact) mass is 327 g/mol. The highest BCUT2D eigenvalue weighted by Gasteiger charge is 2.14. The van der Waals surface area contributed by atoms with Crippen molar-refractivity contribution in [1.29, 1.82) is 0 Å². The molecule has 0 spiro atoms. The second kappa shape index (κ2) is 8.44. The molecule has 1 unspecified atom stereocenters. The van der Waals surface area contributed by atoms with Crippen LogP contribution >= 0.6 is 11.8 Å². The number of sulfonamides is 1. The summed E-state index contributed by atoms with van der Waals surface area (Å²) in [6.07, 6.45) is 2.80. The lowest BCUT2D eigenvalue weighted by Crippen LogP contribution is -2.26. The average molecular weight is 327 g/mol. The zero-order chi connectivity index (χ0) is 15.9. The first-order valence-corrected chi connectivity index (χ1v) is 9.40. The summed E-state index contributed by atoms with van der Waals surface area (Å²) in [4.78, 5) is 0.242. The molecule has 0 aliphatic heterocycles. The summed E-state index contributed by atoms with van der Waals surface area (Å²) in [7, 11) is -3.48. The van der Waals surface area contributed by atoms with E-state index in [9.17, 15) is 8.42 Å². The van der Waals surface area contributed by atoms with E-state index in [-0.39, 0.29) is 11.5 Å². The summed E-state index contributed by atoms with van der Waals surface area (Å²) in [5.74, 6) is 5.34. The Balaban J connectivity index is 2.82. The molecule has 1 atom stereocenters. The summed E-state index contributed by atoms with van der Waals surface area (Å²) in [5.41, 5.74) is 1.50. The number of aliphatic hydroxyl groups excluding tert-OH is 1. The molecule has 0 aliphatic carbocycles. The summed E-state index contributed by atoms with van der Waals surface area (Å²) < 4.78 is 27.0. The molecule has 2 N–H and O–H groups in total. The van der Waals surface area contributed by atoms with Crippen molar-refractivity contribution in [3.8, 4) is 11.8 Å². The number of thioether (sulfide) groups is 1. The normalized spacial score (nSPS) is 12.6. The summed E-state index contributed by atoms with van der Waals surface area (Å²) in [5, 5.41) is 9.11. The van der Waals surface area contributed by atoms with Crippen LogP contribution in [0.25, 0.3) is 0 Å². The van der Waals surface area contributed by atoms with Crippen LogP contribution < -0.4 is 4.72 Å². The van der Waals surface area contributed by atoms with Gasteiger partial charge in [0.15, 0.2) is 0 Å². The average Bonchev–Trinajstić information content (AvgIpc) is 2.45. The van der Waals surface area contributed by atoms with Crippen LogP contribution in [0.5, 0.6) is 0 Å². The summed E-state index contributed by atoms with van der Waals surface area (Å²) >= 11 is 1.71. The van der Waals surface area contributed by atoms with E-state index in [2.05, 4.69) is 23.5 Å². The zero-order valence-electron chi connectivity index (χ0n) is 12.5. The maximum atomic E-state index is 12.2. The first kappa shape index (κ1) is 18.1. The molecule has 1 rings (SSSR count). The van der Waals surface area contributed by atoms with E-state index in [1.807, 2.05) is 6.26 Å². The van der Waals surface area contributed by atoms with Crippen molar-refractivity contribution >= 4 is 21.8 Å². The van der Waals surface area contributed by atoms with Crippen molar-refractivity contribution in [3.05, 3.63) is 29.3 Å². The van der Waals surface area contributed by atoms with Crippen LogP contribution in [-0.2, 0) is 10.0 Å². The van der Waals surface area contributed by atoms with Gasteiger partial charge < -0.3 is 5.11 Å². The van der Waals surface area contributed by atoms with Crippen LogP contribution in [0, 0.1) is 18.8 Å². The molecule has 1 aromatic carbocycles. The molecule has 4 nitrogen and oxygen atoms in total. The number of hydrogen-bond donors (Lipinski definition) is 2. The third-order valence-corrected chi connectivity index (χ3v) is 5.55. The van der Waals surface area contributed by atoms with Crippen molar-refractivity contribution in [3.63, 3.8) is 0 Å². The van der Waals surface area contributed by atoms with Gasteiger partial charge in [-0.05, 0) is 43.4 Å². The molecule has 0 bridgehead atoms. The van der Waals surface area contributed by atoms with Gasteiger partial charge in [0.2, 0.25) is 10.0 Å². The predicted molar refractivity (Wildman–Crippen MR) is 87.9 cm³/mol. The highest BCUT2D eigenvalue weighted by molar-refractivity contribution is 7.99. The minimum absolute atomic E-state index is 0.214.